The number of H-pyrrole nitrogens is 1. The van der Waals surface area contributed by atoms with Gasteiger partial charge in [0.2, 0.25) is 0 Å². The van der Waals surface area contributed by atoms with Gasteiger partial charge in [-0.3, -0.25) is 4.79 Å². The van der Waals surface area contributed by atoms with Gasteiger partial charge >= 0.3 is 0 Å². The maximum Gasteiger partial charge on any atom is 0.253 e. The van der Waals surface area contributed by atoms with Gasteiger partial charge in [0, 0.05) is 5.54 Å². The second-order valence-electron chi connectivity index (χ2n) is 6.79. The van der Waals surface area contributed by atoms with Crippen molar-refractivity contribution in [2.45, 2.75) is 38.8 Å². The fourth-order valence-corrected chi connectivity index (χ4v) is 2.62. The molecule has 0 fully saturated rings. The van der Waals surface area contributed by atoms with Crippen molar-refractivity contribution in [3.8, 4) is 0 Å². The Labute approximate surface area is 136 Å². The monoisotopic (exact) mass is 318 g/mol. The number of aromatic amines is 1. The van der Waals surface area contributed by atoms with Crippen molar-refractivity contribution >= 4 is 16.9 Å². The lowest BCUT2D eigenvalue weighted by atomic mass is 9.97. The van der Waals surface area contributed by atoms with Crippen LogP contribution in [0.15, 0.2) is 18.2 Å². The number of hydrogen-bond acceptors (Lipinski definition) is 4. The van der Waals surface area contributed by atoms with Crippen molar-refractivity contribution in [2.24, 2.45) is 0 Å². The van der Waals surface area contributed by atoms with Gasteiger partial charge in [-0.1, -0.05) is 6.07 Å². The normalized spacial score (nSPS) is 12.1. The lowest BCUT2D eigenvalue weighted by Gasteiger charge is -2.27. The van der Waals surface area contributed by atoms with Crippen LogP contribution in [0, 0.1) is 0 Å². The number of imidazole rings is 1. The Morgan fingerprint density at radius 3 is 2.78 bits per heavy atom. The lowest BCUT2D eigenvalue weighted by molar-refractivity contribution is 0.0909. The zero-order valence-corrected chi connectivity index (χ0v) is 14.3. The molecule has 1 heterocycles. The molecule has 0 unspecified atom stereocenters. The number of hydrogen-bond donors (Lipinski definition) is 3. The topological polar surface area (TPSA) is 81.2 Å². The second kappa shape index (κ2) is 7.10. The highest BCUT2D eigenvalue weighted by Crippen LogP contribution is 2.19. The van der Waals surface area contributed by atoms with E-state index < -0.39 is 0 Å². The molecule has 126 valence electrons. The molecule has 6 nitrogen and oxygen atoms in total. The fourth-order valence-electron chi connectivity index (χ4n) is 2.62. The van der Waals surface area contributed by atoms with Crippen molar-refractivity contribution in [3.63, 3.8) is 0 Å². The van der Waals surface area contributed by atoms with Gasteiger partial charge in [0.05, 0.1) is 11.1 Å². The van der Waals surface area contributed by atoms with Gasteiger partial charge in [0.15, 0.2) is 0 Å². The van der Waals surface area contributed by atoms with Crippen molar-refractivity contribution in [1.29, 1.82) is 0 Å². The fraction of sp³-hybridized carbons (Fsp3) is 0.529. The molecule has 0 radical (unpaired) electrons. The van der Waals surface area contributed by atoms with E-state index in [1.54, 1.807) is 6.07 Å². The molecule has 0 saturated heterocycles. The number of aromatic nitrogens is 2. The molecule has 0 aliphatic heterocycles. The Morgan fingerprint density at radius 1 is 1.39 bits per heavy atom. The van der Waals surface area contributed by atoms with E-state index >= 15 is 0 Å². The van der Waals surface area contributed by atoms with Crippen LogP contribution in [-0.2, 0) is 6.61 Å². The molecule has 6 heteroatoms. The molecule has 0 bridgehead atoms. The summed E-state index contributed by atoms with van der Waals surface area (Å²) in [7, 11) is 4.09. The van der Waals surface area contributed by atoms with E-state index in [-0.39, 0.29) is 18.1 Å². The minimum Gasteiger partial charge on any atom is -0.388 e. The van der Waals surface area contributed by atoms with Crippen LogP contribution in [0.2, 0.25) is 0 Å². The molecular weight excluding hydrogens is 292 g/mol. The summed E-state index contributed by atoms with van der Waals surface area (Å²) < 4.78 is 0. The molecule has 23 heavy (non-hydrogen) atoms. The Balaban J connectivity index is 2.12. The van der Waals surface area contributed by atoms with Crippen molar-refractivity contribution < 1.29 is 9.90 Å². The third-order valence-corrected chi connectivity index (χ3v) is 3.82. The first kappa shape index (κ1) is 17.4. The minimum atomic E-state index is -0.286. The van der Waals surface area contributed by atoms with Crippen LogP contribution in [0.25, 0.3) is 11.0 Å². The van der Waals surface area contributed by atoms with Crippen LogP contribution in [0.4, 0.5) is 0 Å². The Kier molecular flexibility index (Phi) is 5.38. The third kappa shape index (κ3) is 4.53. The standard InChI is InChI=1S/C17H26N4O2/c1-17(2,9-6-10-21(3)4)20-16(23)12-7-5-8-13-15(12)19-14(11-22)18-13/h5,7-8,22H,6,9-11H2,1-4H3,(H,18,19)(H,20,23). The van der Waals surface area contributed by atoms with E-state index in [0.29, 0.717) is 16.9 Å². The molecule has 0 saturated carbocycles. The van der Waals surface area contributed by atoms with E-state index in [4.69, 9.17) is 0 Å². The van der Waals surface area contributed by atoms with Crippen LogP contribution in [0.3, 0.4) is 0 Å². The highest BCUT2D eigenvalue weighted by molar-refractivity contribution is 6.05. The first-order chi connectivity index (χ1) is 10.8. The number of aliphatic hydroxyl groups excluding tert-OH is 1. The summed E-state index contributed by atoms with van der Waals surface area (Å²) in [5.74, 6) is 0.326. The molecule has 1 aromatic carbocycles. The molecule has 2 rings (SSSR count). The van der Waals surface area contributed by atoms with Crippen molar-refractivity contribution in [3.05, 3.63) is 29.6 Å². The number of nitrogens with one attached hydrogen (secondary N) is 2. The number of para-hydroxylation sites is 1. The SMILES string of the molecule is CN(C)CCCC(C)(C)NC(=O)c1cccc2[nH]c(CO)nc12. The number of carbonyl (C=O) groups is 1. The van der Waals surface area contributed by atoms with E-state index in [1.165, 1.54) is 0 Å². The van der Waals surface area contributed by atoms with Gasteiger partial charge in [0.1, 0.15) is 17.9 Å². The van der Waals surface area contributed by atoms with Gasteiger partial charge in [-0.15, -0.1) is 0 Å². The predicted octanol–water partition coefficient (Wildman–Crippen LogP) is 1.91. The highest BCUT2D eigenvalue weighted by atomic mass is 16.3. The van der Waals surface area contributed by atoms with Crippen LogP contribution < -0.4 is 5.32 Å². The number of aliphatic hydroxyl groups is 1. The number of carbonyl (C=O) groups excluding carboxylic acids is 1. The maximum absolute atomic E-state index is 12.6. The van der Waals surface area contributed by atoms with Gasteiger partial charge in [-0.05, 0) is 59.5 Å². The van der Waals surface area contributed by atoms with E-state index in [0.717, 1.165) is 24.9 Å². The third-order valence-electron chi connectivity index (χ3n) is 3.82. The summed E-state index contributed by atoms with van der Waals surface area (Å²) in [5.41, 5.74) is 1.59. The number of amides is 1. The highest BCUT2D eigenvalue weighted by Gasteiger charge is 2.22. The van der Waals surface area contributed by atoms with E-state index in [1.807, 2.05) is 40.1 Å². The quantitative estimate of drug-likeness (QED) is 0.728. The Hall–Kier alpha value is -1.92. The van der Waals surface area contributed by atoms with Gasteiger partial charge < -0.3 is 20.3 Å². The van der Waals surface area contributed by atoms with Crippen molar-refractivity contribution in [1.82, 2.24) is 20.2 Å². The molecule has 0 atom stereocenters. The molecule has 0 aliphatic rings. The molecular formula is C17H26N4O2. The van der Waals surface area contributed by atoms with Crippen LogP contribution in [0.5, 0.6) is 0 Å². The number of fused-ring (bicyclic) bond motifs is 1. The summed E-state index contributed by atoms with van der Waals surface area (Å²) in [6, 6.07) is 5.42. The van der Waals surface area contributed by atoms with Gasteiger partial charge in [0.25, 0.3) is 5.91 Å². The summed E-state index contributed by atoms with van der Waals surface area (Å²) in [6.07, 6.45) is 1.91. The zero-order valence-electron chi connectivity index (χ0n) is 14.3. The number of benzene rings is 1. The Morgan fingerprint density at radius 2 is 2.13 bits per heavy atom. The molecule has 3 N–H and O–H groups in total. The zero-order chi connectivity index (χ0) is 17.0. The molecule has 1 amide bonds. The summed E-state index contributed by atoms with van der Waals surface area (Å²) in [5, 5.41) is 12.3. The first-order valence-electron chi connectivity index (χ1n) is 7.88. The molecule has 0 spiro atoms. The smallest absolute Gasteiger partial charge is 0.253 e. The first-order valence-corrected chi connectivity index (χ1v) is 7.88. The van der Waals surface area contributed by atoms with E-state index in [2.05, 4.69) is 20.2 Å². The molecule has 2 aromatic rings. The maximum atomic E-state index is 12.6. The Bertz CT molecular complexity index is 676. The minimum absolute atomic E-state index is 0.138. The average molecular weight is 318 g/mol. The second-order valence-corrected chi connectivity index (χ2v) is 6.79. The van der Waals surface area contributed by atoms with Crippen LogP contribution >= 0.6 is 0 Å². The average Bonchev–Trinajstić information content (AvgIpc) is 2.88. The van der Waals surface area contributed by atoms with Gasteiger partial charge in [-0.25, -0.2) is 4.98 Å². The summed E-state index contributed by atoms with van der Waals surface area (Å²) in [6.45, 7) is 4.88. The molecule has 1 aromatic heterocycles. The summed E-state index contributed by atoms with van der Waals surface area (Å²) >= 11 is 0. The van der Waals surface area contributed by atoms with Crippen LogP contribution in [0.1, 0.15) is 42.9 Å². The molecule has 0 aliphatic carbocycles. The van der Waals surface area contributed by atoms with Crippen LogP contribution in [-0.4, -0.2) is 52.1 Å². The van der Waals surface area contributed by atoms with E-state index in [9.17, 15) is 9.90 Å². The lowest BCUT2D eigenvalue weighted by Crippen LogP contribution is -2.43. The predicted molar refractivity (Wildman–Crippen MR) is 91.3 cm³/mol. The number of rotatable bonds is 7. The number of nitrogens with zero attached hydrogens (tertiary/aromatic N) is 2. The van der Waals surface area contributed by atoms with Crippen molar-refractivity contribution in [2.75, 3.05) is 20.6 Å². The summed E-state index contributed by atoms with van der Waals surface area (Å²) in [4.78, 5) is 22.1. The largest absolute Gasteiger partial charge is 0.388 e. The van der Waals surface area contributed by atoms with Gasteiger partial charge in [-0.2, -0.15) is 0 Å².